The lowest BCUT2D eigenvalue weighted by molar-refractivity contribution is -0.138. The van der Waals surface area contributed by atoms with Crippen molar-refractivity contribution in [2.24, 2.45) is 0 Å². The molecular formula is C19H27N3O3. The molecular weight excluding hydrogens is 318 g/mol. The molecule has 2 aliphatic heterocycles. The molecule has 1 aromatic carbocycles. The minimum atomic E-state index is -0.776. The Morgan fingerprint density at radius 2 is 1.92 bits per heavy atom. The van der Waals surface area contributed by atoms with Crippen molar-refractivity contribution in [1.29, 1.82) is 0 Å². The van der Waals surface area contributed by atoms with Crippen molar-refractivity contribution in [2.75, 3.05) is 44.7 Å². The van der Waals surface area contributed by atoms with Crippen LogP contribution in [0.3, 0.4) is 0 Å². The van der Waals surface area contributed by atoms with Crippen LogP contribution in [-0.4, -0.2) is 72.6 Å². The summed E-state index contributed by atoms with van der Waals surface area (Å²) in [5.74, 6) is -0.573. The van der Waals surface area contributed by atoms with Crippen LogP contribution in [0.2, 0.25) is 0 Å². The van der Waals surface area contributed by atoms with Gasteiger partial charge in [0.25, 0.3) is 0 Å². The van der Waals surface area contributed by atoms with Crippen molar-refractivity contribution >= 4 is 17.6 Å². The van der Waals surface area contributed by atoms with Gasteiger partial charge in [-0.25, -0.2) is 0 Å². The zero-order valence-corrected chi connectivity index (χ0v) is 14.9. The second kappa shape index (κ2) is 7.97. The summed E-state index contributed by atoms with van der Waals surface area (Å²) in [6, 6.07) is 8.47. The summed E-state index contributed by atoms with van der Waals surface area (Å²) < 4.78 is 0. The molecule has 0 aromatic heterocycles. The van der Waals surface area contributed by atoms with Crippen LogP contribution >= 0.6 is 0 Å². The first-order valence-electron chi connectivity index (χ1n) is 9.07. The highest BCUT2D eigenvalue weighted by atomic mass is 16.4. The molecule has 0 saturated carbocycles. The molecule has 0 atom stereocenters. The Hall–Kier alpha value is -1.92. The monoisotopic (exact) mass is 345 g/mol. The standard InChI is InChI=1S/C19H27N3O3/c1-20(14-19(24)25)16-7-10-21(11-8-16)12-9-18(23)22-13-6-15-4-2-3-5-17(15)22/h2-5,16H,6-14H2,1H3,(H,24,25). The van der Waals surface area contributed by atoms with Gasteiger partial charge in [0, 0.05) is 31.2 Å². The van der Waals surface area contributed by atoms with E-state index < -0.39 is 5.97 Å². The van der Waals surface area contributed by atoms with Gasteiger partial charge in [0.05, 0.1) is 6.54 Å². The summed E-state index contributed by atoms with van der Waals surface area (Å²) in [5.41, 5.74) is 2.33. The van der Waals surface area contributed by atoms with Crippen molar-refractivity contribution < 1.29 is 14.7 Å². The van der Waals surface area contributed by atoms with E-state index in [4.69, 9.17) is 5.11 Å². The molecule has 0 spiro atoms. The highest BCUT2D eigenvalue weighted by Gasteiger charge is 2.26. The number of carboxylic acids is 1. The minimum absolute atomic E-state index is 0.0948. The van der Waals surface area contributed by atoms with Gasteiger partial charge in [-0.05, 0) is 51.0 Å². The zero-order valence-electron chi connectivity index (χ0n) is 14.9. The average Bonchev–Trinajstić information content (AvgIpc) is 3.03. The fraction of sp³-hybridized carbons (Fsp3) is 0.579. The summed E-state index contributed by atoms with van der Waals surface area (Å²) in [7, 11) is 1.88. The zero-order chi connectivity index (χ0) is 17.8. The van der Waals surface area contributed by atoms with Gasteiger partial charge in [-0.2, -0.15) is 0 Å². The predicted octanol–water partition coefficient (Wildman–Crippen LogP) is 1.45. The van der Waals surface area contributed by atoms with E-state index in [0.29, 0.717) is 12.5 Å². The number of benzene rings is 1. The van der Waals surface area contributed by atoms with Gasteiger partial charge < -0.3 is 14.9 Å². The van der Waals surface area contributed by atoms with Gasteiger partial charge in [-0.3, -0.25) is 14.5 Å². The number of carbonyl (C=O) groups is 2. The van der Waals surface area contributed by atoms with Crippen LogP contribution in [0, 0.1) is 0 Å². The smallest absolute Gasteiger partial charge is 0.317 e. The van der Waals surface area contributed by atoms with Crippen LogP contribution in [0.15, 0.2) is 24.3 Å². The van der Waals surface area contributed by atoms with Crippen molar-refractivity contribution in [1.82, 2.24) is 9.80 Å². The second-order valence-corrected chi connectivity index (χ2v) is 7.06. The molecule has 1 N–H and O–H groups in total. The topological polar surface area (TPSA) is 64.1 Å². The Labute approximate surface area is 149 Å². The lowest BCUT2D eigenvalue weighted by Gasteiger charge is -2.36. The number of piperidine rings is 1. The number of aliphatic carboxylic acids is 1. The van der Waals surface area contributed by atoms with Crippen molar-refractivity contribution in [3.63, 3.8) is 0 Å². The first kappa shape index (κ1) is 17.9. The third-order valence-corrected chi connectivity index (χ3v) is 5.40. The molecule has 0 radical (unpaired) electrons. The Morgan fingerprint density at radius 1 is 1.20 bits per heavy atom. The molecule has 3 rings (SSSR count). The van der Waals surface area contributed by atoms with E-state index in [0.717, 1.165) is 51.1 Å². The first-order valence-corrected chi connectivity index (χ1v) is 9.07. The fourth-order valence-electron chi connectivity index (χ4n) is 3.91. The van der Waals surface area contributed by atoms with E-state index >= 15 is 0 Å². The van der Waals surface area contributed by atoms with Crippen LogP contribution in [-0.2, 0) is 16.0 Å². The number of amides is 1. The van der Waals surface area contributed by atoms with E-state index in [1.807, 2.05) is 35.0 Å². The number of likely N-dealkylation sites (N-methyl/N-ethyl adjacent to an activating group) is 1. The molecule has 2 aliphatic rings. The normalized spacial score (nSPS) is 18.6. The molecule has 1 fully saturated rings. The lowest BCUT2D eigenvalue weighted by atomic mass is 10.0. The number of anilines is 1. The van der Waals surface area contributed by atoms with Crippen molar-refractivity contribution in [2.45, 2.75) is 31.7 Å². The van der Waals surface area contributed by atoms with Gasteiger partial charge in [-0.1, -0.05) is 18.2 Å². The van der Waals surface area contributed by atoms with Crippen molar-refractivity contribution in [3.05, 3.63) is 29.8 Å². The number of fused-ring (bicyclic) bond motifs is 1. The number of carbonyl (C=O) groups excluding carboxylic acids is 1. The van der Waals surface area contributed by atoms with Gasteiger partial charge >= 0.3 is 5.97 Å². The number of para-hydroxylation sites is 1. The van der Waals surface area contributed by atoms with Gasteiger partial charge in [0.2, 0.25) is 5.91 Å². The lowest BCUT2D eigenvalue weighted by Crippen LogP contribution is -2.45. The number of hydrogen-bond donors (Lipinski definition) is 1. The van der Waals surface area contributed by atoms with Crippen molar-refractivity contribution in [3.8, 4) is 0 Å². The SMILES string of the molecule is CN(CC(=O)O)C1CCN(CCC(=O)N2CCc3ccccc32)CC1. The van der Waals surface area contributed by atoms with Crippen LogP contribution in [0.5, 0.6) is 0 Å². The highest BCUT2D eigenvalue weighted by molar-refractivity contribution is 5.95. The summed E-state index contributed by atoms with van der Waals surface area (Å²) in [6.07, 6.45) is 3.42. The molecule has 25 heavy (non-hydrogen) atoms. The van der Waals surface area contributed by atoms with E-state index in [1.165, 1.54) is 5.56 Å². The highest BCUT2D eigenvalue weighted by Crippen LogP contribution is 2.28. The largest absolute Gasteiger partial charge is 0.480 e. The molecule has 136 valence electrons. The van der Waals surface area contributed by atoms with Crippen LogP contribution < -0.4 is 4.90 Å². The number of likely N-dealkylation sites (tertiary alicyclic amines) is 1. The van der Waals surface area contributed by atoms with E-state index in [1.54, 1.807) is 0 Å². The summed E-state index contributed by atoms with van der Waals surface area (Å²) >= 11 is 0. The Balaban J connectivity index is 1.43. The summed E-state index contributed by atoms with van der Waals surface area (Å²) in [5, 5.41) is 8.89. The minimum Gasteiger partial charge on any atom is -0.480 e. The maximum Gasteiger partial charge on any atom is 0.317 e. The van der Waals surface area contributed by atoms with Gasteiger partial charge in [0.15, 0.2) is 0 Å². The number of hydrogen-bond acceptors (Lipinski definition) is 4. The van der Waals surface area contributed by atoms with Crippen LogP contribution in [0.4, 0.5) is 5.69 Å². The molecule has 6 heteroatoms. The summed E-state index contributed by atoms with van der Waals surface area (Å²) in [4.78, 5) is 29.6. The first-order chi connectivity index (χ1) is 12.0. The Morgan fingerprint density at radius 3 is 2.64 bits per heavy atom. The maximum atomic E-state index is 12.6. The number of carboxylic acid groups (broad SMARTS) is 1. The Bertz CT molecular complexity index is 626. The van der Waals surface area contributed by atoms with E-state index in [9.17, 15) is 9.59 Å². The van der Waals surface area contributed by atoms with E-state index in [2.05, 4.69) is 11.0 Å². The fourth-order valence-corrected chi connectivity index (χ4v) is 3.91. The average molecular weight is 345 g/mol. The molecule has 2 heterocycles. The molecule has 6 nitrogen and oxygen atoms in total. The third kappa shape index (κ3) is 4.38. The maximum absolute atomic E-state index is 12.6. The third-order valence-electron chi connectivity index (χ3n) is 5.40. The van der Waals surface area contributed by atoms with Crippen LogP contribution in [0.1, 0.15) is 24.8 Å². The molecule has 0 aliphatic carbocycles. The molecule has 1 amide bonds. The Kier molecular flexibility index (Phi) is 5.71. The molecule has 1 saturated heterocycles. The van der Waals surface area contributed by atoms with Crippen LogP contribution in [0.25, 0.3) is 0 Å². The number of nitrogens with zero attached hydrogens (tertiary/aromatic N) is 3. The quantitative estimate of drug-likeness (QED) is 0.845. The summed E-state index contributed by atoms with van der Waals surface area (Å²) in [6.45, 7) is 3.53. The van der Waals surface area contributed by atoms with Gasteiger partial charge in [-0.15, -0.1) is 0 Å². The molecule has 0 bridgehead atoms. The van der Waals surface area contributed by atoms with E-state index in [-0.39, 0.29) is 12.5 Å². The van der Waals surface area contributed by atoms with Gasteiger partial charge in [0.1, 0.15) is 0 Å². The second-order valence-electron chi connectivity index (χ2n) is 7.06. The molecule has 1 aromatic rings. The molecule has 0 unspecified atom stereocenters. The number of rotatable bonds is 6. The predicted molar refractivity (Wildman–Crippen MR) is 96.8 cm³/mol.